The summed E-state index contributed by atoms with van der Waals surface area (Å²) in [5, 5.41) is 16.0. The zero-order valence-electron chi connectivity index (χ0n) is 25.8. The van der Waals surface area contributed by atoms with Gasteiger partial charge in [0.1, 0.15) is 0 Å². The largest absolute Gasteiger partial charge is 0.310 e. The monoisotopic (exact) mass is 593 g/mol. The molecule has 5 heteroatoms. The average Bonchev–Trinajstić information content (AvgIpc) is 3.47. The molecule has 4 saturated heterocycles. The van der Waals surface area contributed by atoms with E-state index in [1.807, 2.05) is 0 Å². The molecule has 9 rings (SSSR count). The van der Waals surface area contributed by atoms with Gasteiger partial charge in [-0.3, -0.25) is 15.5 Å². The van der Waals surface area contributed by atoms with Gasteiger partial charge in [-0.15, -0.1) is 0 Å². The second-order valence-electron chi connectivity index (χ2n) is 13.6. The number of nitrogens with zero attached hydrogens (tertiary/aromatic N) is 1. The molecule has 4 N–H and O–H groups in total. The van der Waals surface area contributed by atoms with Crippen molar-refractivity contribution >= 4 is 5.57 Å². The Bertz CT molecular complexity index is 1580. The number of benzene rings is 4. The maximum absolute atomic E-state index is 4.07. The fourth-order valence-corrected chi connectivity index (χ4v) is 9.52. The maximum atomic E-state index is 4.07. The summed E-state index contributed by atoms with van der Waals surface area (Å²) in [4.78, 5) is 2.88. The minimum Gasteiger partial charge on any atom is -0.310 e. The van der Waals surface area contributed by atoms with Crippen LogP contribution in [0.15, 0.2) is 115 Å². The zero-order chi connectivity index (χ0) is 29.7. The second kappa shape index (κ2) is 11.7. The van der Waals surface area contributed by atoms with Gasteiger partial charge in [-0.1, -0.05) is 116 Å². The Hall–Kier alpha value is -3.58. The zero-order valence-corrected chi connectivity index (χ0v) is 25.8. The SMILES string of the molecule is c1ccc(-c2ccc(C(=C3C4CCCC5C6NCCNC6N(C6NCCNC36)C45)c3ccc(-c4ccccc4)cc3)cc2)cc1. The van der Waals surface area contributed by atoms with Crippen LogP contribution in [-0.2, 0) is 0 Å². The van der Waals surface area contributed by atoms with Crippen molar-refractivity contribution in [3.05, 3.63) is 126 Å². The van der Waals surface area contributed by atoms with Gasteiger partial charge in [0.25, 0.3) is 0 Å². The first-order valence-corrected chi connectivity index (χ1v) is 17.1. The molecule has 4 aromatic rings. The first-order valence-electron chi connectivity index (χ1n) is 17.1. The molecule has 1 saturated carbocycles. The van der Waals surface area contributed by atoms with E-state index in [9.17, 15) is 0 Å². The second-order valence-corrected chi connectivity index (χ2v) is 13.6. The summed E-state index contributed by atoms with van der Waals surface area (Å²) >= 11 is 0. The van der Waals surface area contributed by atoms with Crippen molar-refractivity contribution in [1.29, 1.82) is 0 Å². The van der Waals surface area contributed by atoms with E-state index in [4.69, 9.17) is 0 Å². The molecule has 0 amide bonds. The number of piperidine rings is 1. The van der Waals surface area contributed by atoms with Gasteiger partial charge in [0.05, 0.1) is 18.4 Å². The number of hydrogen-bond donors (Lipinski definition) is 4. The van der Waals surface area contributed by atoms with Crippen molar-refractivity contribution in [2.75, 3.05) is 26.2 Å². The van der Waals surface area contributed by atoms with Crippen LogP contribution < -0.4 is 21.3 Å². The Morgan fingerprint density at radius 2 is 1.07 bits per heavy atom. The van der Waals surface area contributed by atoms with Gasteiger partial charge in [0, 0.05) is 38.3 Å². The number of fused-ring (bicyclic) bond motifs is 5. The molecule has 0 radical (unpaired) electrons. The van der Waals surface area contributed by atoms with Crippen molar-refractivity contribution in [2.45, 2.75) is 49.7 Å². The molecule has 5 fully saturated rings. The molecule has 5 aliphatic rings. The van der Waals surface area contributed by atoms with Crippen molar-refractivity contribution in [2.24, 2.45) is 11.8 Å². The number of hydrogen-bond acceptors (Lipinski definition) is 5. The fourth-order valence-electron chi connectivity index (χ4n) is 9.52. The predicted molar refractivity (Wildman–Crippen MR) is 183 cm³/mol. The third kappa shape index (κ3) is 4.72. The van der Waals surface area contributed by atoms with Gasteiger partial charge in [-0.2, -0.15) is 0 Å². The van der Waals surface area contributed by atoms with Gasteiger partial charge in [0.15, 0.2) is 0 Å². The number of rotatable bonds is 4. The van der Waals surface area contributed by atoms with Crippen LogP contribution in [0.3, 0.4) is 0 Å². The molecule has 7 atom stereocenters. The molecule has 0 bridgehead atoms. The lowest BCUT2D eigenvalue weighted by atomic mass is 9.66. The Balaban J connectivity index is 1.22. The lowest BCUT2D eigenvalue weighted by Gasteiger charge is -2.55. The molecule has 7 unspecified atom stereocenters. The molecule has 1 aliphatic carbocycles. The molecule has 0 spiro atoms. The maximum Gasteiger partial charge on any atom is 0.0811 e. The summed E-state index contributed by atoms with van der Waals surface area (Å²) < 4.78 is 0. The van der Waals surface area contributed by atoms with E-state index in [-0.39, 0.29) is 12.2 Å². The molecular weight excluding hydrogens is 550 g/mol. The average molecular weight is 594 g/mol. The van der Waals surface area contributed by atoms with E-state index in [2.05, 4.69) is 135 Å². The van der Waals surface area contributed by atoms with Crippen LogP contribution in [0.5, 0.6) is 0 Å². The lowest BCUT2D eigenvalue weighted by molar-refractivity contribution is -0.00938. The fraction of sp³-hybridized carbons (Fsp3) is 0.350. The van der Waals surface area contributed by atoms with Gasteiger partial charge in [-0.25, -0.2) is 0 Å². The standard InChI is InChI=1S/C40H43N5/c1-3-8-26(9-4-1)28-14-18-30(19-15-28)34(31-20-16-29(17-21-31)27-10-5-2-6-11-27)35-32-12-7-13-33-36-39(43-24-22-41-36)45(38(32)33)40-37(35)42-23-25-44-40/h1-6,8-11,14-21,32-33,36-44H,7,12-13,22-25H2. The minimum atomic E-state index is 0.263. The minimum absolute atomic E-state index is 0.263. The van der Waals surface area contributed by atoms with Crippen molar-refractivity contribution in [1.82, 2.24) is 26.2 Å². The molecular formula is C40H43N5. The number of piperazine rings is 2. The van der Waals surface area contributed by atoms with E-state index in [1.54, 1.807) is 5.57 Å². The summed E-state index contributed by atoms with van der Waals surface area (Å²) in [6, 6.07) is 41.7. The van der Waals surface area contributed by atoms with Gasteiger partial charge >= 0.3 is 0 Å². The van der Waals surface area contributed by atoms with Crippen LogP contribution in [0, 0.1) is 11.8 Å². The summed E-state index contributed by atoms with van der Waals surface area (Å²) in [6.45, 7) is 4.11. The van der Waals surface area contributed by atoms with Crippen LogP contribution in [0.4, 0.5) is 0 Å². The molecule has 4 aliphatic heterocycles. The highest BCUT2D eigenvalue weighted by molar-refractivity contribution is 5.85. The smallest absolute Gasteiger partial charge is 0.0811 e. The third-order valence-corrected chi connectivity index (χ3v) is 11.3. The highest BCUT2D eigenvalue weighted by Crippen LogP contribution is 2.52. The Morgan fingerprint density at radius 1 is 0.533 bits per heavy atom. The van der Waals surface area contributed by atoms with Crippen LogP contribution >= 0.6 is 0 Å². The van der Waals surface area contributed by atoms with Gasteiger partial charge < -0.3 is 10.6 Å². The molecule has 0 aromatic heterocycles. The molecule has 4 aromatic carbocycles. The lowest BCUT2D eigenvalue weighted by Crippen LogP contribution is -2.73. The van der Waals surface area contributed by atoms with Crippen LogP contribution in [0.25, 0.3) is 27.8 Å². The van der Waals surface area contributed by atoms with E-state index >= 15 is 0 Å². The van der Waals surface area contributed by atoms with E-state index in [0.717, 1.165) is 26.2 Å². The highest BCUT2D eigenvalue weighted by atomic mass is 15.5. The van der Waals surface area contributed by atoms with Crippen molar-refractivity contribution in [3.8, 4) is 22.3 Å². The van der Waals surface area contributed by atoms with E-state index in [0.29, 0.717) is 30.1 Å². The van der Waals surface area contributed by atoms with E-state index in [1.165, 1.54) is 58.2 Å². The Kier molecular flexibility index (Phi) is 7.17. The normalized spacial score (nSPS) is 30.7. The molecule has 4 heterocycles. The number of nitrogens with one attached hydrogen (secondary N) is 4. The summed E-state index contributed by atoms with van der Waals surface area (Å²) in [6.07, 6.45) is 4.55. The Morgan fingerprint density at radius 3 is 1.69 bits per heavy atom. The van der Waals surface area contributed by atoms with Crippen molar-refractivity contribution in [3.63, 3.8) is 0 Å². The highest BCUT2D eigenvalue weighted by Gasteiger charge is 2.61. The molecule has 5 nitrogen and oxygen atoms in total. The van der Waals surface area contributed by atoms with Crippen LogP contribution in [0.2, 0.25) is 0 Å². The summed E-state index contributed by atoms with van der Waals surface area (Å²) in [5.74, 6) is 1.19. The summed E-state index contributed by atoms with van der Waals surface area (Å²) in [7, 11) is 0. The first kappa shape index (κ1) is 27.7. The van der Waals surface area contributed by atoms with Gasteiger partial charge in [-0.05, 0) is 69.2 Å². The Labute approximate surface area is 267 Å². The molecule has 228 valence electrons. The van der Waals surface area contributed by atoms with Crippen molar-refractivity contribution < 1.29 is 0 Å². The van der Waals surface area contributed by atoms with Gasteiger partial charge in [0.2, 0.25) is 0 Å². The quantitative estimate of drug-likeness (QED) is 0.244. The predicted octanol–water partition coefficient (Wildman–Crippen LogP) is 5.71. The third-order valence-electron chi connectivity index (χ3n) is 11.3. The first-order chi connectivity index (χ1) is 22.3. The van der Waals surface area contributed by atoms with Crippen LogP contribution in [-0.4, -0.2) is 61.5 Å². The topological polar surface area (TPSA) is 51.4 Å². The molecule has 45 heavy (non-hydrogen) atoms. The summed E-state index contributed by atoms with van der Waals surface area (Å²) in [5.41, 5.74) is 10.8. The van der Waals surface area contributed by atoms with E-state index < -0.39 is 0 Å². The van der Waals surface area contributed by atoms with Crippen LogP contribution in [0.1, 0.15) is 30.4 Å².